The van der Waals surface area contributed by atoms with Gasteiger partial charge in [-0.25, -0.2) is 0 Å². The molecule has 0 amide bonds. The van der Waals surface area contributed by atoms with Gasteiger partial charge in [0.2, 0.25) is 0 Å². The van der Waals surface area contributed by atoms with Crippen LogP contribution in [0.2, 0.25) is 0 Å². The van der Waals surface area contributed by atoms with Gasteiger partial charge in [0.15, 0.2) is 0 Å². The monoisotopic (exact) mass is 254 g/mol. The summed E-state index contributed by atoms with van der Waals surface area (Å²) in [7, 11) is 0. The van der Waals surface area contributed by atoms with Gasteiger partial charge < -0.3 is 5.32 Å². The van der Waals surface area contributed by atoms with Crippen LogP contribution in [0.5, 0.6) is 0 Å². The number of benzene rings is 1. The van der Waals surface area contributed by atoms with Crippen LogP contribution in [0, 0.1) is 30.1 Å². The van der Waals surface area contributed by atoms with Crippen molar-refractivity contribution < 1.29 is 0 Å². The van der Waals surface area contributed by atoms with Crippen LogP contribution in [-0.4, -0.2) is 6.04 Å². The van der Waals surface area contributed by atoms with E-state index in [0.717, 1.165) is 18.8 Å². The molecular weight excluding hydrogens is 232 g/mol. The number of aryl methyl sites for hydroxylation is 1. The van der Waals surface area contributed by atoms with E-state index in [1.165, 1.54) is 30.4 Å². The second-order valence-corrected chi connectivity index (χ2v) is 6.17. The van der Waals surface area contributed by atoms with Crippen molar-refractivity contribution in [3.8, 4) is 6.07 Å². The van der Waals surface area contributed by atoms with Gasteiger partial charge in [0.05, 0.1) is 12.0 Å². The molecule has 0 aromatic heterocycles. The van der Waals surface area contributed by atoms with Crippen LogP contribution in [0.15, 0.2) is 24.3 Å². The topological polar surface area (TPSA) is 35.8 Å². The van der Waals surface area contributed by atoms with Gasteiger partial charge in [-0.3, -0.25) is 0 Å². The largest absolute Gasteiger partial charge is 0.306 e. The van der Waals surface area contributed by atoms with Gasteiger partial charge in [0, 0.05) is 12.1 Å². The normalized spacial score (nSPS) is 28.0. The smallest absolute Gasteiger partial charge is 0.0672 e. The van der Waals surface area contributed by atoms with Gasteiger partial charge in [0.1, 0.15) is 0 Å². The fourth-order valence-corrected chi connectivity index (χ4v) is 3.25. The van der Waals surface area contributed by atoms with Crippen molar-refractivity contribution in [2.75, 3.05) is 0 Å². The van der Waals surface area contributed by atoms with E-state index in [4.69, 9.17) is 0 Å². The molecule has 1 aromatic rings. The third-order valence-corrected chi connectivity index (χ3v) is 4.61. The number of nitrogens with one attached hydrogen (secondary N) is 1. The summed E-state index contributed by atoms with van der Waals surface area (Å²) in [4.78, 5) is 0. The van der Waals surface area contributed by atoms with Crippen molar-refractivity contribution in [3.05, 3.63) is 35.4 Å². The Bertz CT molecular complexity index is 467. The molecule has 100 valence electrons. The summed E-state index contributed by atoms with van der Waals surface area (Å²) < 4.78 is 0. The number of hydrogen-bond acceptors (Lipinski definition) is 2. The van der Waals surface area contributed by atoms with Crippen molar-refractivity contribution in [2.24, 2.45) is 11.8 Å². The molecule has 0 heterocycles. The molecule has 0 spiro atoms. The van der Waals surface area contributed by atoms with Crippen molar-refractivity contribution in [1.29, 1.82) is 5.26 Å². The van der Waals surface area contributed by atoms with Crippen LogP contribution < -0.4 is 5.32 Å². The summed E-state index contributed by atoms with van der Waals surface area (Å²) in [6.07, 6.45) is 6.08. The molecule has 2 nitrogen and oxygen atoms in total. The van der Waals surface area contributed by atoms with E-state index in [2.05, 4.69) is 42.6 Å². The van der Waals surface area contributed by atoms with Gasteiger partial charge in [-0.2, -0.15) is 5.26 Å². The average Bonchev–Trinajstić information content (AvgIpc) is 3.17. The minimum atomic E-state index is 0.215. The molecule has 2 saturated carbocycles. The molecule has 1 N–H and O–H groups in total. The Hall–Kier alpha value is -1.33. The molecule has 0 radical (unpaired) electrons. The quantitative estimate of drug-likeness (QED) is 0.888. The second kappa shape index (κ2) is 5.35. The molecule has 2 heteroatoms. The van der Waals surface area contributed by atoms with E-state index in [1.807, 2.05) is 0 Å². The molecule has 2 fully saturated rings. The highest BCUT2D eigenvalue weighted by Gasteiger charge is 2.36. The van der Waals surface area contributed by atoms with Gasteiger partial charge in [-0.1, -0.05) is 36.2 Å². The maximum Gasteiger partial charge on any atom is 0.0672 e. The predicted octanol–water partition coefficient (Wildman–Crippen LogP) is 3.73. The van der Waals surface area contributed by atoms with Crippen LogP contribution >= 0.6 is 0 Å². The Morgan fingerprint density at radius 2 is 1.89 bits per heavy atom. The van der Waals surface area contributed by atoms with Gasteiger partial charge in [-0.15, -0.1) is 0 Å². The molecular formula is C17H22N2. The van der Waals surface area contributed by atoms with Crippen LogP contribution in [-0.2, 0) is 0 Å². The summed E-state index contributed by atoms with van der Waals surface area (Å²) in [5, 5.41) is 13.0. The van der Waals surface area contributed by atoms with E-state index in [1.54, 1.807) is 0 Å². The van der Waals surface area contributed by atoms with Gasteiger partial charge in [0.25, 0.3) is 0 Å². The minimum absolute atomic E-state index is 0.215. The Labute approximate surface area is 115 Å². The van der Waals surface area contributed by atoms with Crippen molar-refractivity contribution in [2.45, 2.75) is 51.1 Å². The fraction of sp³-hybridized carbons (Fsp3) is 0.588. The van der Waals surface area contributed by atoms with Crippen molar-refractivity contribution >= 4 is 0 Å². The molecule has 19 heavy (non-hydrogen) atoms. The molecule has 3 rings (SSSR count). The second-order valence-electron chi connectivity index (χ2n) is 6.17. The Morgan fingerprint density at radius 1 is 1.16 bits per heavy atom. The maximum atomic E-state index is 9.22. The molecule has 0 saturated heterocycles. The van der Waals surface area contributed by atoms with E-state index < -0.39 is 0 Å². The number of hydrogen-bond donors (Lipinski definition) is 1. The SMILES string of the molecule is Cc1ccc(C(NC2CCCC2C#N)C2CC2)cc1. The van der Waals surface area contributed by atoms with Gasteiger partial charge >= 0.3 is 0 Å². The lowest BCUT2D eigenvalue weighted by Crippen LogP contribution is -2.36. The van der Waals surface area contributed by atoms with E-state index in [9.17, 15) is 5.26 Å². The molecule has 0 aliphatic heterocycles. The van der Waals surface area contributed by atoms with E-state index in [0.29, 0.717) is 12.1 Å². The average molecular weight is 254 g/mol. The Kier molecular flexibility index (Phi) is 3.57. The highest BCUT2D eigenvalue weighted by Crippen LogP contribution is 2.42. The Morgan fingerprint density at radius 3 is 2.53 bits per heavy atom. The zero-order valence-corrected chi connectivity index (χ0v) is 11.6. The molecule has 0 bridgehead atoms. The first-order valence-corrected chi connectivity index (χ1v) is 7.50. The predicted molar refractivity (Wildman–Crippen MR) is 76.5 cm³/mol. The highest BCUT2D eigenvalue weighted by molar-refractivity contribution is 5.26. The summed E-state index contributed by atoms with van der Waals surface area (Å²) in [5.74, 6) is 0.995. The lowest BCUT2D eigenvalue weighted by Gasteiger charge is -2.25. The zero-order valence-electron chi connectivity index (χ0n) is 11.6. The minimum Gasteiger partial charge on any atom is -0.306 e. The number of rotatable bonds is 4. The summed E-state index contributed by atoms with van der Waals surface area (Å²) in [5.41, 5.74) is 2.71. The third-order valence-electron chi connectivity index (χ3n) is 4.61. The molecule has 1 aromatic carbocycles. The standard InChI is InChI=1S/C17H22N2/c1-12-5-7-13(8-6-12)17(14-9-10-14)19-16-4-2-3-15(16)11-18/h5-8,14-17,19H,2-4,9-10H2,1H3. The first-order valence-electron chi connectivity index (χ1n) is 7.50. The first kappa shape index (κ1) is 12.7. The number of nitrogens with zero attached hydrogens (tertiary/aromatic N) is 1. The van der Waals surface area contributed by atoms with E-state index in [-0.39, 0.29) is 5.92 Å². The summed E-state index contributed by atoms with van der Waals surface area (Å²) >= 11 is 0. The summed E-state index contributed by atoms with van der Waals surface area (Å²) in [6, 6.07) is 12.2. The van der Waals surface area contributed by atoms with E-state index >= 15 is 0 Å². The van der Waals surface area contributed by atoms with Crippen LogP contribution in [0.3, 0.4) is 0 Å². The van der Waals surface area contributed by atoms with Crippen molar-refractivity contribution in [1.82, 2.24) is 5.32 Å². The van der Waals surface area contributed by atoms with Crippen LogP contribution in [0.1, 0.15) is 49.3 Å². The lowest BCUT2D eigenvalue weighted by atomic mass is 9.97. The van der Waals surface area contributed by atoms with Crippen molar-refractivity contribution in [3.63, 3.8) is 0 Å². The first-order chi connectivity index (χ1) is 9.28. The fourth-order valence-electron chi connectivity index (χ4n) is 3.25. The maximum absolute atomic E-state index is 9.22. The van der Waals surface area contributed by atoms with Crippen LogP contribution in [0.4, 0.5) is 0 Å². The third kappa shape index (κ3) is 2.82. The zero-order chi connectivity index (χ0) is 13.2. The molecule has 3 unspecified atom stereocenters. The van der Waals surface area contributed by atoms with Crippen LogP contribution in [0.25, 0.3) is 0 Å². The molecule has 2 aliphatic carbocycles. The summed E-state index contributed by atoms with van der Waals surface area (Å²) in [6.45, 7) is 2.13. The highest BCUT2D eigenvalue weighted by atomic mass is 15.0. The number of nitriles is 1. The lowest BCUT2D eigenvalue weighted by molar-refractivity contribution is 0.375. The molecule has 2 aliphatic rings. The molecule has 3 atom stereocenters. The Balaban J connectivity index is 1.74. The van der Waals surface area contributed by atoms with Gasteiger partial charge in [-0.05, 0) is 44.1 Å².